The third kappa shape index (κ3) is 5.93. The fourth-order valence-corrected chi connectivity index (χ4v) is 3.22. The molecule has 0 unspecified atom stereocenters. The Morgan fingerprint density at radius 3 is 2.33 bits per heavy atom. The normalized spacial score (nSPS) is 10.5. The number of methoxy groups -OCH3 is 2. The van der Waals surface area contributed by atoms with Gasteiger partial charge in [0.2, 0.25) is 0 Å². The number of ether oxygens (including phenoxy) is 3. The van der Waals surface area contributed by atoms with Crippen LogP contribution in [0.15, 0.2) is 54.6 Å². The Hall–Kier alpha value is -3.78. The molecule has 3 rings (SSSR count). The molecule has 0 fully saturated rings. The number of aromatic nitrogens is 1. The summed E-state index contributed by atoms with van der Waals surface area (Å²) in [6.45, 7) is -0.0447. The van der Waals surface area contributed by atoms with Crippen LogP contribution in [0.1, 0.15) is 33.7 Å². The van der Waals surface area contributed by atoms with Crippen LogP contribution < -0.4 is 14.2 Å². The number of ketones is 2. The average Bonchev–Trinajstić information content (AvgIpc) is 2.85. The Morgan fingerprint density at radius 2 is 1.64 bits per heavy atom. The Balaban J connectivity index is 1.73. The fourth-order valence-electron chi connectivity index (χ4n) is 3.22. The summed E-state index contributed by atoms with van der Waals surface area (Å²) in [5.41, 5.74) is 1.36. The molecule has 0 radical (unpaired) electrons. The molecule has 2 aromatic carbocycles. The highest BCUT2D eigenvalue weighted by atomic mass is 19.1. The monoisotopic (exact) mass is 453 g/mol. The van der Waals surface area contributed by atoms with Crippen LogP contribution in [0.3, 0.4) is 0 Å². The molecule has 0 aliphatic rings. The zero-order valence-corrected chi connectivity index (χ0v) is 18.3. The van der Waals surface area contributed by atoms with Crippen molar-refractivity contribution in [2.45, 2.75) is 12.8 Å². The maximum atomic E-state index is 13.7. The minimum absolute atomic E-state index is 0.0260. The van der Waals surface area contributed by atoms with Crippen molar-refractivity contribution in [3.05, 3.63) is 71.7 Å². The van der Waals surface area contributed by atoms with Crippen molar-refractivity contribution in [2.24, 2.45) is 0 Å². The van der Waals surface area contributed by atoms with Crippen LogP contribution >= 0.6 is 0 Å². The highest BCUT2D eigenvalue weighted by molar-refractivity contribution is 6.02. The predicted octanol–water partition coefficient (Wildman–Crippen LogP) is 4.12. The van der Waals surface area contributed by atoms with Crippen molar-refractivity contribution in [1.82, 2.24) is 4.98 Å². The number of aliphatic hydroxyl groups excluding tert-OH is 1. The van der Waals surface area contributed by atoms with Gasteiger partial charge in [-0.3, -0.25) is 9.59 Å². The first-order valence-corrected chi connectivity index (χ1v) is 10.3. The zero-order valence-electron chi connectivity index (χ0n) is 18.3. The number of carbonyl (C=O) groups excluding carboxylic acids is 2. The van der Waals surface area contributed by atoms with Gasteiger partial charge in [0, 0.05) is 24.0 Å². The zero-order chi connectivity index (χ0) is 23.8. The minimum Gasteiger partial charge on any atom is -0.494 e. The van der Waals surface area contributed by atoms with E-state index in [4.69, 9.17) is 19.3 Å². The SMILES string of the molecule is COc1cc(C(=O)CCC(=O)c2ccc(OC)c(-c3cccc(F)c3)n2)ccc1OCCO. The van der Waals surface area contributed by atoms with E-state index in [1.165, 1.54) is 38.5 Å². The largest absolute Gasteiger partial charge is 0.494 e. The summed E-state index contributed by atoms with van der Waals surface area (Å²) < 4.78 is 29.6. The van der Waals surface area contributed by atoms with Gasteiger partial charge < -0.3 is 19.3 Å². The van der Waals surface area contributed by atoms with Crippen LogP contribution in [0.5, 0.6) is 17.2 Å². The molecule has 33 heavy (non-hydrogen) atoms. The van der Waals surface area contributed by atoms with Gasteiger partial charge in [0.1, 0.15) is 29.6 Å². The summed E-state index contributed by atoms with van der Waals surface area (Å²) in [7, 11) is 2.92. The van der Waals surface area contributed by atoms with Crippen LogP contribution in [-0.2, 0) is 0 Å². The van der Waals surface area contributed by atoms with Gasteiger partial charge in [-0.25, -0.2) is 9.37 Å². The smallest absolute Gasteiger partial charge is 0.181 e. The molecule has 0 aliphatic carbocycles. The Kier molecular flexibility index (Phi) is 8.10. The summed E-state index contributed by atoms with van der Waals surface area (Å²) in [4.78, 5) is 29.7. The van der Waals surface area contributed by atoms with Crippen molar-refractivity contribution in [1.29, 1.82) is 0 Å². The van der Waals surface area contributed by atoms with Crippen LogP contribution in [0.2, 0.25) is 0 Å². The van der Waals surface area contributed by atoms with E-state index in [0.717, 1.165) is 0 Å². The number of rotatable bonds is 11. The molecule has 0 bridgehead atoms. The second-order valence-electron chi connectivity index (χ2n) is 7.04. The number of carbonyl (C=O) groups is 2. The first-order chi connectivity index (χ1) is 16.0. The molecule has 1 aromatic heterocycles. The van der Waals surface area contributed by atoms with E-state index in [9.17, 15) is 14.0 Å². The summed E-state index contributed by atoms with van der Waals surface area (Å²) in [6.07, 6.45) is -0.0757. The molecule has 0 saturated carbocycles. The van der Waals surface area contributed by atoms with Crippen molar-refractivity contribution in [3.63, 3.8) is 0 Å². The van der Waals surface area contributed by atoms with Gasteiger partial charge in [0.05, 0.1) is 20.8 Å². The molecular formula is C25H24FNO6. The maximum absolute atomic E-state index is 13.7. The van der Waals surface area contributed by atoms with Crippen molar-refractivity contribution in [2.75, 3.05) is 27.4 Å². The highest BCUT2D eigenvalue weighted by Crippen LogP contribution is 2.30. The number of hydrogen-bond acceptors (Lipinski definition) is 7. The van der Waals surface area contributed by atoms with Gasteiger partial charge in [-0.05, 0) is 42.5 Å². The van der Waals surface area contributed by atoms with Crippen molar-refractivity contribution >= 4 is 11.6 Å². The van der Waals surface area contributed by atoms with Crippen molar-refractivity contribution in [3.8, 4) is 28.5 Å². The molecule has 0 spiro atoms. The van der Waals surface area contributed by atoms with Gasteiger partial charge in [-0.1, -0.05) is 12.1 Å². The Labute approximate surface area is 190 Å². The number of benzene rings is 2. The summed E-state index contributed by atoms with van der Waals surface area (Å²) in [6, 6.07) is 13.7. The molecule has 7 nitrogen and oxygen atoms in total. The molecule has 1 heterocycles. The molecule has 0 atom stereocenters. The first kappa shape index (κ1) is 23.9. The van der Waals surface area contributed by atoms with Crippen LogP contribution in [0.4, 0.5) is 4.39 Å². The molecule has 172 valence electrons. The Bertz CT molecular complexity index is 1150. The second-order valence-corrected chi connectivity index (χ2v) is 7.04. The maximum Gasteiger partial charge on any atom is 0.181 e. The number of hydrogen-bond donors (Lipinski definition) is 1. The van der Waals surface area contributed by atoms with Crippen LogP contribution in [0, 0.1) is 5.82 Å². The number of nitrogens with zero attached hydrogens (tertiary/aromatic N) is 1. The number of Topliss-reactive ketones (excluding diaryl/α,β-unsaturated/α-hetero) is 2. The number of aliphatic hydroxyl groups is 1. The van der Waals surface area contributed by atoms with Crippen LogP contribution in [-0.4, -0.2) is 49.1 Å². The van der Waals surface area contributed by atoms with Gasteiger partial charge in [0.25, 0.3) is 0 Å². The van der Waals surface area contributed by atoms with Crippen LogP contribution in [0.25, 0.3) is 11.3 Å². The molecule has 1 N–H and O–H groups in total. The minimum atomic E-state index is -0.429. The average molecular weight is 453 g/mol. The van der Waals surface area contributed by atoms with E-state index >= 15 is 0 Å². The van der Waals surface area contributed by atoms with E-state index in [-0.39, 0.29) is 43.3 Å². The van der Waals surface area contributed by atoms with Gasteiger partial charge in [-0.2, -0.15) is 0 Å². The lowest BCUT2D eigenvalue weighted by Gasteiger charge is -2.11. The quantitative estimate of drug-likeness (QED) is 0.436. The summed E-state index contributed by atoms with van der Waals surface area (Å²) in [5.74, 6) is 0.183. The lowest BCUT2D eigenvalue weighted by atomic mass is 10.0. The van der Waals surface area contributed by atoms with E-state index in [0.29, 0.717) is 34.1 Å². The van der Waals surface area contributed by atoms with Crippen molar-refractivity contribution < 1.29 is 33.3 Å². The summed E-state index contributed by atoms with van der Waals surface area (Å²) in [5, 5.41) is 8.89. The molecular weight excluding hydrogens is 429 g/mol. The van der Waals surface area contributed by atoms with Gasteiger partial charge in [-0.15, -0.1) is 0 Å². The Morgan fingerprint density at radius 1 is 0.909 bits per heavy atom. The lowest BCUT2D eigenvalue weighted by molar-refractivity contribution is 0.0914. The third-order valence-electron chi connectivity index (χ3n) is 4.88. The van der Waals surface area contributed by atoms with Gasteiger partial charge >= 0.3 is 0 Å². The number of pyridine rings is 1. The topological polar surface area (TPSA) is 95.0 Å². The standard InChI is InChI=1S/C25H24FNO6/c1-31-23-11-7-19(27-25(23)17-4-3-5-18(26)14-17)21(30)9-8-20(29)16-6-10-22(33-13-12-28)24(15-16)32-2/h3-7,10-11,14-15,28H,8-9,12-13H2,1-2H3. The third-order valence-corrected chi connectivity index (χ3v) is 4.88. The fraction of sp³-hybridized carbons (Fsp3) is 0.240. The van der Waals surface area contributed by atoms with E-state index in [1.807, 2.05) is 0 Å². The molecule has 0 saturated heterocycles. The molecule has 0 amide bonds. The molecule has 3 aromatic rings. The summed E-state index contributed by atoms with van der Waals surface area (Å²) >= 11 is 0. The highest BCUT2D eigenvalue weighted by Gasteiger charge is 2.17. The second kappa shape index (κ2) is 11.2. The molecule has 8 heteroatoms. The first-order valence-electron chi connectivity index (χ1n) is 10.3. The van der Waals surface area contributed by atoms with Gasteiger partial charge in [0.15, 0.2) is 23.1 Å². The van der Waals surface area contributed by atoms with E-state index < -0.39 is 5.82 Å². The molecule has 0 aliphatic heterocycles. The predicted molar refractivity (Wildman–Crippen MR) is 120 cm³/mol. The van der Waals surface area contributed by atoms with E-state index in [1.54, 1.807) is 30.3 Å². The number of halogens is 1. The van der Waals surface area contributed by atoms with E-state index in [2.05, 4.69) is 4.98 Å². The lowest BCUT2D eigenvalue weighted by Crippen LogP contribution is -2.08.